The van der Waals surface area contributed by atoms with Crippen LogP contribution in [0.2, 0.25) is 0 Å². The number of nitrogens with two attached hydrogens (primary N) is 1. The van der Waals surface area contributed by atoms with E-state index in [2.05, 4.69) is 5.32 Å². The molecule has 1 saturated heterocycles. The van der Waals surface area contributed by atoms with E-state index in [1.54, 1.807) is 6.07 Å². The van der Waals surface area contributed by atoms with Crippen LogP contribution in [0.5, 0.6) is 0 Å². The number of carbonyl (C=O) groups excluding carboxylic acids is 1. The van der Waals surface area contributed by atoms with Crippen LogP contribution >= 0.6 is 11.8 Å². The fourth-order valence-electron chi connectivity index (χ4n) is 2.21. The van der Waals surface area contributed by atoms with Crippen molar-refractivity contribution in [1.29, 1.82) is 0 Å². The van der Waals surface area contributed by atoms with Crippen LogP contribution in [-0.2, 0) is 0 Å². The molecule has 1 aromatic carbocycles. The lowest BCUT2D eigenvalue weighted by atomic mass is 10.1. The van der Waals surface area contributed by atoms with Crippen molar-refractivity contribution in [2.45, 2.75) is 18.9 Å². The summed E-state index contributed by atoms with van der Waals surface area (Å²) >= 11 is 1.95. The Morgan fingerprint density at radius 3 is 2.63 bits per heavy atom. The topological polar surface area (TPSA) is 58.4 Å². The van der Waals surface area contributed by atoms with Gasteiger partial charge in [0.25, 0.3) is 5.91 Å². The lowest BCUT2D eigenvalue weighted by Gasteiger charge is -2.23. The number of nitrogen functional groups attached to an aromatic ring is 1. The molecule has 104 valence electrons. The summed E-state index contributed by atoms with van der Waals surface area (Å²) in [7, 11) is 3.87. The molecule has 1 aliphatic heterocycles. The van der Waals surface area contributed by atoms with Crippen molar-refractivity contribution in [3.05, 3.63) is 23.8 Å². The van der Waals surface area contributed by atoms with E-state index in [-0.39, 0.29) is 5.91 Å². The fourth-order valence-corrected chi connectivity index (χ4v) is 3.32. The van der Waals surface area contributed by atoms with E-state index in [1.807, 2.05) is 42.9 Å². The van der Waals surface area contributed by atoms with Crippen LogP contribution in [0, 0.1) is 0 Å². The first kappa shape index (κ1) is 14.1. The third kappa shape index (κ3) is 3.56. The molecule has 0 aliphatic carbocycles. The summed E-state index contributed by atoms with van der Waals surface area (Å²) in [5.41, 5.74) is 8.18. The van der Waals surface area contributed by atoms with Crippen LogP contribution < -0.4 is 16.0 Å². The van der Waals surface area contributed by atoms with Gasteiger partial charge in [0, 0.05) is 25.7 Å². The molecule has 1 amide bonds. The third-order valence-electron chi connectivity index (χ3n) is 3.33. The molecule has 0 unspecified atom stereocenters. The van der Waals surface area contributed by atoms with Crippen molar-refractivity contribution in [2.24, 2.45) is 0 Å². The summed E-state index contributed by atoms with van der Waals surface area (Å²) in [6.07, 6.45) is 2.11. The Hall–Kier alpha value is -1.36. The summed E-state index contributed by atoms with van der Waals surface area (Å²) < 4.78 is 0. The molecule has 1 aromatic rings. The van der Waals surface area contributed by atoms with Crippen LogP contribution in [0.25, 0.3) is 0 Å². The van der Waals surface area contributed by atoms with Crippen molar-refractivity contribution in [3.8, 4) is 0 Å². The lowest BCUT2D eigenvalue weighted by Crippen LogP contribution is -2.37. The number of carbonyl (C=O) groups is 1. The van der Waals surface area contributed by atoms with Gasteiger partial charge in [0.2, 0.25) is 0 Å². The van der Waals surface area contributed by atoms with Crippen molar-refractivity contribution in [3.63, 3.8) is 0 Å². The minimum Gasteiger partial charge on any atom is -0.397 e. The molecule has 5 heteroatoms. The number of hydrogen-bond acceptors (Lipinski definition) is 4. The highest BCUT2D eigenvalue weighted by Crippen LogP contribution is 2.23. The van der Waals surface area contributed by atoms with Gasteiger partial charge in [-0.3, -0.25) is 4.79 Å². The van der Waals surface area contributed by atoms with E-state index in [0.29, 0.717) is 17.3 Å². The Balaban J connectivity index is 2.04. The van der Waals surface area contributed by atoms with Crippen LogP contribution in [0.4, 0.5) is 11.4 Å². The van der Waals surface area contributed by atoms with E-state index >= 15 is 0 Å². The zero-order valence-corrected chi connectivity index (χ0v) is 12.3. The van der Waals surface area contributed by atoms with Crippen LogP contribution in [0.15, 0.2) is 18.2 Å². The second kappa shape index (κ2) is 6.19. The Bertz CT molecular complexity index is 456. The van der Waals surface area contributed by atoms with E-state index < -0.39 is 0 Å². The summed E-state index contributed by atoms with van der Waals surface area (Å²) in [6.45, 7) is 0. The predicted octanol–water partition coefficient (Wildman–Crippen LogP) is 1.96. The maximum absolute atomic E-state index is 12.2. The van der Waals surface area contributed by atoms with Gasteiger partial charge in [0.15, 0.2) is 0 Å². The van der Waals surface area contributed by atoms with Gasteiger partial charge in [0.1, 0.15) is 0 Å². The maximum Gasteiger partial charge on any atom is 0.251 e. The maximum atomic E-state index is 12.2. The molecule has 1 aliphatic rings. The Morgan fingerprint density at radius 2 is 2.05 bits per heavy atom. The van der Waals surface area contributed by atoms with Crippen LogP contribution in [0.1, 0.15) is 23.2 Å². The van der Waals surface area contributed by atoms with Gasteiger partial charge in [-0.05, 0) is 42.5 Å². The number of amides is 1. The first-order valence-corrected chi connectivity index (χ1v) is 7.69. The number of thioether (sulfide) groups is 1. The number of nitrogens with zero attached hydrogens (tertiary/aromatic N) is 1. The molecule has 0 radical (unpaired) electrons. The van der Waals surface area contributed by atoms with E-state index in [4.69, 9.17) is 5.73 Å². The van der Waals surface area contributed by atoms with Gasteiger partial charge in [-0.25, -0.2) is 0 Å². The average molecular weight is 279 g/mol. The molecule has 0 aromatic heterocycles. The molecule has 0 spiro atoms. The van der Waals surface area contributed by atoms with Crippen molar-refractivity contribution < 1.29 is 4.79 Å². The number of benzene rings is 1. The van der Waals surface area contributed by atoms with Gasteiger partial charge in [0.05, 0.1) is 11.4 Å². The highest BCUT2D eigenvalue weighted by Gasteiger charge is 2.17. The van der Waals surface area contributed by atoms with E-state index in [1.165, 1.54) is 0 Å². The molecular weight excluding hydrogens is 258 g/mol. The van der Waals surface area contributed by atoms with Crippen LogP contribution in [0.3, 0.4) is 0 Å². The van der Waals surface area contributed by atoms with Gasteiger partial charge in [-0.1, -0.05) is 0 Å². The Labute approximate surface area is 118 Å². The molecule has 0 saturated carbocycles. The standard InChI is InChI=1S/C14H21N3OS/c1-17(2)13-4-3-10(9-12(13)15)14(18)16-11-5-7-19-8-6-11/h3-4,9,11H,5-8,15H2,1-2H3,(H,16,18). The van der Waals surface area contributed by atoms with Crippen molar-refractivity contribution in [2.75, 3.05) is 36.2 Å². The first-order valence-electron chi connectivity index (χ1n) is 6.53. The monoisotopic (exact) mass is 279 g/mol. The number of nitrogens with one attached hydrogen (secondary N) is 1. The number of hydrogen-bond donors (Lipinski definition) is 2. The Morgan fingerprint density at radius 1 is 1.37 bits per heavy atom. The third-order valence-corrected chi connectivity index (χ3v) is 4.38. The predicted molar refractivity (Wildman–Crippen MR) is 83.0 cm³/mol. The fraction of sp³-hybridized carbons (Fsp3) is 0.500. The number of anilines is 2. The molecule has 1 heterocycles. The summed E-state index contributed by atoms with van der Waals surface area (Å²) in [5, 5.41) is 3.09. The summed E-state index contributed by atoms with van der Waals surface area (Å²) in [5.74, 6) is 2.24. The molecule has 2 rings (SSSR count). The van der Waals surface area contributed by atoms with E-state index in [0.717, 1.165) is 30.0 Å². The lowest BCUT2D eigenvalue weighted by molar-refractivity contribution is 0.0935. The minimum atomic E-state index is -0.0195. The first-order chi connectivity index (χ1) is 9.08. The Kier molecular flexibility index (Phi) is 4.58. The summed E-state index contributed by atoms with van der Waals surface area (Å²) in [6, 6.07) is 5.78. The highest BCUT2D eigenvalue weighted by atomic mass is 32.2. The molecule has 0 bridgehead atoms. The second-order valence-corrected chi connectivity index (χ2v) is 6.25. The number of rotatable bonds is 3. The van der Waals surface area contributed by atoms with Crippen LogP contribution in [-0.4, -0.2) is 37.6 Å². The molecule has 19 heavy (non-hydrogen) atoms. The zero-order valence-electron chi connectivity index (χ0n) is 11.5. The molecular formula is C14H21N3OS. The normalized spacial score (nSPS) is 16.1. The van der Waals surface area contributed by atoms with Gasteiger partial charge in [-0.2, -0.15) is 11.8 Å². The SMILES string of the molecule is CN(C)c1ccc(C(=O)NC2CCSCC2)cc1N. The second-order valence-electron chi connectivity index (χ2n) is 5.03. The summed E-state index contributed by atoms with van der Waals surface area (Å²) in [4.78, 5) is 14.1. The smallest absolute Gasteiger partial charge is 0.251 e. The molecule has 4 nitrogen and oxygen atoms in total. The average Bonchev–Trinajstić information content (AvgIpc) is 2.39. The highest BCUT2D eigenvalue weighted by molar-refractivity contribution is 7.99. The van der Waals surface area contributed by atoms with E-state index in [9.17, 15) is 4.79 Å². The molecule has 3 N–H and O–H groups in total. The molecule has 1 fully saturated rings. The minimum absolute atomic E-state index is 0.0195. The largest absolute Gasteiger partial charge is 0.397 e. The zero-order chi connectivity index (χ0) is 13.8. The quantitative estimate of drug-likeness (QED) is 0.831. The molecule has 0 atom stereocenters. The van der Waals surface area contributed by atoms with Crippen molar-refractivity contribution >= 4 is 29.0 Å². The van der Waals surface area contributed by atoms with Gasteiger partial charge < -0.3 is 16.0 Å². The van der Waals surface area contributed by atoms with Gasteiger partial charge in [-0.15, -0.1) is 0 Å². The van der Waals surface area contributed by atoms with Gasteiger partial charge >= 0.3 is 0 Å². The van der Waals surface area contributed by atoms with Crippen molar-refractivity contribution in [1.82, 2.24) is 5.32 Å².